The average molecular weight is 293 g/mol. The summed E-state index contributed by atoms with van der Waals surface area (Å²) in [4.78, 5) is 11.5. The summed E-state index contributed by atoms with van der Waals surface area (Å²) in [6.07, 6.45) is 22.0. The Morgan fingerprint density at radius 3 is 1.90 bits per heavy atom. The number of carbonyl (C=O) groups excluding carboxylic acids is 1. The van der Waals surface area contributed by atoms with Gasteiger partial charge in [0, 0.05) is 19.4 Å². The van der Waals surface area contributed by atoms with E-state index in [1.54, 1.807) is 0 Å². The minimum Gasteiger partial charge on any atom is -0.356 e. The average Bonchev–Trinajstić information content (AvgIpc) is 2.49. The van der Waals surface area contributed by atoms with Gasteiger partial charge in [0.15, 0.2) is 0 Å². The summed E-state index contributed by atoms with van der Waals surface area (Å²) in [5.41, 5.74) is 0. The lowest BCUT2D eigenvalue weighted by Crippen LogP contribution is -2.23. The lowest BCUT2D eigenvalue weighted by Gasteiger charge is -2.04. The second-order valence-electron chi connectivity index (χ2n) is 5.94. The van der Waals surface area contributed by atoms with Gasteiger partial charge >= 0.3 is 0 Å². The van der Waals surface area contributed by atoms with Crippen LogP contribution in [0.25, 0.3) is 0 Å². The molecule has 0 aliphatic rings. The van der Waals surface area contributed by atoms with Crippen molar-refractivity contribution < 1.29 is 4.79 Å². The van der Waals surface area contributed by atoms with E-state index in [1.807, 2.05) is 0 Å². The first kappa shape index (κ1) is 20.0. The molecule has 0 fully saturated rings. The largest absolute Gasteiger partial charge is 0.356 e. The molecule has 1 amide bonds. The molecule has 0 atom stereocenters. The third-order valence-electron chi connectivity index (χ3n) is 3.83. The molecule has 0 radical (unpaired) electrons. The number of carbonyl (C=O) groups is 1. The topological polar surface area (TPSA) is 29.1 Å². The van der Waals surface area contributed by atoms with Crippen LogP contribution in [0.3, 0.4) is 0 Å². The Hall–Kier alpha value is -0.970. The van der Waals surface area contributed by atoms with Gasteiger partial charge in [-0.1, -0.05) is 71.1 Å². The van der Waals surface area contributed by atoms with E-state index in [1.165, 1.54) is 64.2 Å². The van der Waals surface area contributed by atoms with Crippen molar-refractivity contribution in [3.63, 3.8) is 0 Å². The van der Waals surface area contributed by atoms with E-state index >= 15 is 0 Å². The van der Waals surface area contributed by atoms with E-state index in [0.29, 0.717) is 6.42 Å². The third kappa shape index (κ3) is 17.0. The summed E-state index contributed by atoms with van der Waals surface area (Å²) in [5, 5.41) is 2.92. The molecule has 122 valence electrons. The molecule has 0 unspecified atom stereocenters. The third-order valence-corrected chi connectivity index (χ3v) is 3.83. The van der Waals surface area contributed by atoms with Crippen LogP contribution in [0, 0.1) is 12.3 Å². The van der Waals surface area contributed by atoms with Gasteiger partial charge in [0.2, 0.25) is 5.91 Å². The van der Waals surface area contributed by atoms with Crippen molar-refractivity contribution >= 4 is 5.91 Å². The highest BCUT2D eigenvalue weighted by atomic mass is 16.1. The van der Waals surface area contributed by atoms with Crippen LogP contribution in [-0.2, 0) is 4.79 Å². The molecule has 0 saturated carbocycles. The number of terminal acetylenes is 1. The van der Waals surface area contributed by atoms with E-state index in [9.17, 15) is 4.79 Å². The van der Waals surface area contributed by atoms with Crippen LogP contribution in [-0.4, -0.2) is 12.5 Å². The molecule has 2 nitrogen and oxygen atoms in total. The Labute approximate surface area is 132 Å². The number of unbranched alkanes of at least 4 members (excludes halogenated alkanes) is 11. The molecule has 0 saturated heterocycles. The van der Waals surface area contributed by atoms with Crippen LogP contribution >= 0.6 is 0 Å². The fourth-order valence-electron chi connectivity index (χ4n) is 2.46. The molecule has 0 aromatic rings. The van der Waals surface area contributed by atoms with E-state index in [-0.39, 0.29) is 5.91 Å². The van der Waals surface area contributed by atoms with Gasteiger partial charge in [-0.3, -0.25) is 4.79 Å². The lowest BCUT2D eigenvalue weighted by atomic mass is 10.1. The van der Waals surface area contributed by atoms with Crippen molar-refractivity contribution in [2.45, 2.75) is 96.8 Å². The molecular weight excluding hydrogens is 258 g/mol. The Balaban J connectivity index is 3.11. The Kier molecular flexibility index (Phi) is 16.3. The smallest absolute Gasteiger partial charge is 0.219 e. The Morgan fingerprint density at radius 2 is 1.38 bits per heavy atom. The number of hydrogen-bond donors (Lipinski definition) is 1. The summed E-state index contributed by atoms with van der Waals surface area (Å²) in [5.74, 6) is 2.76. The van der Waals surface area contributed by atoms with Gasteiger partial charge < -0.3 is 5.32 Å². The quantitative estimate of drug-likeness (QED) is 0.325. The van der Waals surface area contributed by atoms with Crippen molar-refractivity contribution in [2.75, 3.05) is 6.54 Å². The zero-order chi connectivity index (χ0) is 15.6. The predicted octanol–water partition coefficient (Wildman–Crippen LogP) is 5.22. The molecule has 0 heterocycles. The summed E-state index contributed by atoms with van der Waals surface area (Å²) in [6, 6.07) is 0. The monoisotopic (exact) mass is 293 g/mol. The highest BCUT2D eigenvalue weighted by Gasteiger charge is 2.00. The number of amides is 1. The second kappa shape index (κ2) is 17.1. The first-order chi connectivity index (χ1) is 10.3. The van der Waals surface area contributed by atoms with E-state index in [4.69, 9.17) is 6.42 Å². The molecular formula is C19H35NO. The van der Waals surface area contributed by atoms with Gasteiger partial charge in [-0.2, -0.15) is 0 Å². The minimum atomic E-state index is 0.183. The molecule has 0 spiro atoms. The maximum absolute atomic E-state index is 11.5. The van der Waals surface area contributed by atoms with Crippen LogP contribution in [0.2, 0.25) is 0 Å². The van der Waals surface area contributed by atoms with Gasteiger partial charge in [-0.25, -0.2) is 0 Å². The lowest BCUT2D eigenvalue weighted by molar-refractivity contribution is -0.121. The van der Waals surface area contributed by atoms with Crippen molar-refractivity contribution in [3.8, 4) is 12.3 Å². The molecule has 21 heavy (non-hydrogen) atoms. The Morgan fingerprint density at radius 1 is 0.857 bits per heavy atom. The maximum Gasteiger partial charge on any atom is 0.219 e. The van der Waals surface area contributed by atoms with Gasteiger partial charge in [-0.15, -0.1) is 12.3 Å². The van der Waals surface area contributed by atoms with Gasteiger partial charge in [0.1, 0.15) is 0 Å². The molecule has 2 heteroatoms. The molecule has 0 bridgehead atoms. The fourth-order valence-corrected chi connectivity index (χ4v) is 2.46. The van der Waals surface area contributed by atoms with Crippen LogP contribution in [0.1, 0.15) is 96.8 Å². The fraction of sp³-hybridized carbons (Fsp3) is 0.842. The van der Waals surface area contributed by atoms with Crippen LogP contribution in [0.4, 0.5) is 0 Å². The number of nitrogens with one attached hydrogen (secondary N) is 1. The summed E-state index contributed by atoms with van der Waals surface area (Å²) in [7, 11) is 0. The number of hydrogen-bond acceptors (Lipinski definition) is 1. The van der Waals surface area contributed by atoms with Gasteiger partial charge in [0.05, 0.1) is 0 Å². The second-order valence-corrected chi connectivity index (χ2v) is 5.94. The maximum atomic E-state index is 11.5. The minimum absolute atomic E-state index is 0.183. The van der Waals surface area contributed by atoms with E-state index in [2.05, 4.69) is 18.2 Å². The van der Waals surface area contributed by atoms with Gasteiger partial charge in [-0.05, 0) is 12.8 Å². The summed E-state index contributed by atoms with van der Waals surface area (Å²) in [6.45, 7) is 2.98. The zero-order valence-electron chi connectivity index (χ0n) is 14.1. The molecule has 0 aromatic carbocycles. The first-order valence-corrected chi connectivity index (χ1v) is 9.01. The zero-order valence-corrected chi connectivity index (χ0v) is 14.1. The molecule has 0 aromatic heterocycles. The normalized spacial score (nSPS) is 10.3. The SMILES string of the molecule is C#CCCCNC(=O)CCCCCCCCCCCCC. The summed E-state index contributed by atoms with van der Waals surface area (Å²) < 4.78 is 0. The molecule has 0 rings (SSSR count). The number of rotatable bonds is 15. The van der Waals surface area contributed by atoms with Crippen molar-refractivity contribution in [2.24, 2.45) is 0 Å². The van der Waals surface area contributed by atoms with Gasteiger partial charge in [0.25, 0.3) is 0 Å². The van der Waals surface area contributed by atoms with E-state index < -0.39 is 0 Å². The van der Waals surface area contributed by atoms with E-state index in [0.717, 1.165) is 25.8 Å². The molecule has 0 aliphatic heterocycles. The van der Waals surface area contributed by atoms with Crippen molar-refractivity contribution in [1.82, 2.24) is 5.32 Å². The molecule has 0 aliphatic carbocycles. The standard InChI is InChI=1S/C19H35NO/c1-3-5-7-8-9-10-11-12-13-14-15-17-19(21)20-18-16-6-4-2/h2H,3,5-18H2,1H3,(H,20,21). The first-order valence-electron chi connectivity index (χ1n) is 9.01. The van der Waals surface area contributed by atoms with Crippen LogP contribution < -0.4 is 5.32 Å². The Bertz CT molecular complexity index is 267. The highest BCUT2D eigenvalue weighted by molar-refractivity contribution is 5.75. The van der Waals surface area contributed by atoms with Crippen molar-refractivity contribution in [3.05, 3.63) is 0 Å². The predicted molar refractivity (Wildman–Crippen MR) is 92.2 cm³/mol. The van der Waals surface area contributed by atoms with Crippen LogP contribution in [0.15, 0.2) is 0 Å². The highest BCUT2D eigenvalue weighted by Crippen LogP contribution is 2.11. The molecule has 1 N–H and O–H groups in total. The van der Waals surface area contributed by atoms with Crippen molar-refractivity contribution in [1.29, 1.82) is 0 Å². The van der Waals surface area contributed by atoms with Crippen LogP contribution in [0.5, 0.6) is 0 Å². The summed E-state index contributed by atoms with van der Waals surface area (Å²) >= 11 is 0.